The summed E-state index contributed by atoms with van der Waals surface area (Å²) < 4.78 is 5.52. The first-order chi connectivity index (χ1) is 13.6. The molecule has 4 rings (SSSR count). The van der Waals surface area contributed by atoms with E-state index in [2.05, 4.69) is 12.1 Å². The maximum Gasteiger partial charge on any atom is 0.176 e. The molecule has 28 heavy (non-hydrogen) atoms. The van der Waals surface area contributed by atoms with Gasteiger partial charge in [-0.15, -0.1) is 0 Å². The van der Waals surface area contributed by atoms with Crippen LogP contribution in [0.5, 0.6) is 5.75 Å². The summed E-state index contributed by atoms with van der Waals surface area (Å²) >= 11 is 0. The number of carbonyl (C=O) groups excluding carboxylic acids is 1. The number of methoxy groups -OCH3 is 1. The van der Waals surface area contributed by atoms with Gasteiger partial charge in [0.1, 0.15) is 5.75 Å². The molecule has 0 N–H and O–H groups in total. The van der Waals surface area contributed by atoms with Crippen molar-refractivity contribution in [1.29, 1.82) is 10.5 Å². The highest BCUT2D eigenvalue weighted by Crippen LogP contribution is 2.56. The molecule has 0 bridgehead atoms. The SMILES string of the molecule is COc1ccccc1[C@@H]1[C@@H](C(C)=O)N2c3ccccc3C=C[C@H]2C1(C#N)C#N. The average molecular weight is 369 g/mol. The number of benzene rings is 2. The van der Waals surface area contributed by atoms with Crippen LogP contribution in [0.1, 0.15) is 24.0 Å². The Bertz CT molecular complexity index is 1050. The van der Waals surface area contributed by atoms with Gasteiger partial charge in [-0.2, -0.15) is 10.5 Å². The summed E-state index contributed by atoms with van der Waals surface area (Å²) in [5.41, 5.74) is 1.11. The second kappa shape index (κ2) is 6.55. The lowest BCUT2D eigenvalue weighted by molar-refractivity contribution is -0.118. The normalized spacial score (nSPS) is 23.9. The van der Waals surface area contributed by atoms with Gasteiger partial charge < -0.3 is 9.64 Å². The number of carbonyl (C=O) groups is 1. The van der Waals surface area contributed by atoms with Gasteiger partial charge in [0.05, 0.1) is 31.3 Å². The fourth-order valence-electron chi connectivity index (χ4n) is 4.65. The lowest BCUT2D eigenvalue weighted by atomic mass is 9.69. The number of ether oxygens (including phenoxy) is 1. The fraction of sp³-hybridized carbons (Fsp3) is 0.261. The van der Waals surface area contributed by atoms with E-state index in [9.17, 15) is 15.3 Å². The van der Waals surface area contributed by atoms with Crippen LogP contribution >= 0.6 is 0 Å². The topological polar surface area (TPSA) is 77.1 Å². The molecule has 5 heteroatoms. The number of nitrogens with zero attached hydrogens (tertiary/aromatic N) is 3. The summed E-state index contributed by atoms with van der Waals surface area (Å²) in [7, 11) is 1.56. The van der Waals surface area contributed by atoms with Gasteiger partial charge in [-0.3, -0.25) is 4.79 Å². The molecule has 2 aromatic rings. The van der Waals surface area contributed by atoms with Crippen molar-refractivity contribution >= 4 is 17.5 Å². The zero-order valence-corrected chi connectivity index (χ0v) is 15.7. The molecule has 3 atom stereocenters. The lowest BCUT2D eigenvalue weighted by Crippen LogP contribution is -2.43. The molecule has 0 amide bonds. The second-order valence-electron chi connectivity index (χ2n) is 7.14. The van der Waals surface area contributed by atoms with Gasteiger partial charge in [0.25, 0.3) is 0 Å². The molecule has 1 fully saturated rings. The van der Waals surface area contributed by atoms with Gasteiger partial charge in [0, 0.05) is 17.2 Å². The molecule has 0 saturated carbocycles. The molecule has 2 aliphatic heterocycles. The standard InChI is InChI=1S/C23H19N3O2/c1-15(27)22-21(17-8-4-6-10-19(17)28-2)23(13-24,14-25)20-12-11-16-7-3-5-9-18(16)26(20)22/h3-12,20-22H,1-2H3/t20-,21+,22+/m0/s1. The van der Waals surface area contributed by atoms with Crippen LogP contribution in [0.25, 0.3) is 6.08 Å². The van der Waals surface area contributed by atoms with Crippen LogP contribution in [0, 0.1) is 28.1 Å². The smallest absolute Gasteiger partial charge is 0.176 e. The van der Waals surface area contributed by atoms with Crippen LogP contribution in [0.3, 0.4) is 0 Å². The molecule has 0 spiro atoms. The van der Waals surface area contributed by atoms with Gasteiger partial charge in [-0.1, -0.05) is 48.6 Å². The number of ketones is 1. The van der Waals surface area contributed by atoms with Gasteiger partial charge in [0.2, 0.25) is 0 Å². The maximum atomic E-state index is 12.9. The molecule has 138 valence electrons. The Balaban J connectivity index is 2.03. The Labute approximate surface area is 164 Å². The number of para-hydroxylation sites is 2. The molecule has 2 aliphatic rings. The molecule has 0 radical (unpaired) electrons. The number of hydrogen-bond donors (Lipinski definition) is 0. The summed E-state index contributed by atoms with van der Waals surface area (Å²) in [6.45, 7) is 1.52. The quantitative estimate of drug-likeness (QED) is 0.825. The third-order valence-corrected chi connectivity index (χ3v) is 5.81. The molecule has 0 unspecified atom stereocenters. The largest absolute Gasteiger partial charge is 0.496 e. The summed E-state index contributed by atoms with van der Waals surface area (Å²) in [4.78, 5) is 14.8. The first-order valence-corrected chi connectivity index (χ1v) is 9.10. The van der Waals surface area contributed by atoms with Crippen molar-refractivity contribution in [3.05, 3.63) is 65.7 Å². The van der Waals surface area contributed by atoms with E-state index in [1.54, 1.807) is 13.2 Å². The second-order valence-corrected chi connectivity index (χ2v) is 7.14. The van der Waals surface area contributed by atoms with Crippen molar-refractivity contribution in [1.82, 2.24) is 0 Å². The fourth-order valence-corrected chi connectivity index (χ4v) is 4.65. The van der Waals surface area contributed by atoms with Crippen LogP contribution in [0.4, 0.5) is 5.69 Å². The predicted molar refractivity (Wildman–Crippen MR) is 106 cm³/mol. The molecule has 0 aliphatic carbocycles. The van der Waals surface area contributed by atoms with E-state index in [0.29, 0.717) is 11.3 Å². The highest BCUT2D eigenvalue weighted by atomic mass is 16.5. The Hall–Kier alpha value is -3.57. The van der Waals surface area contributed by atoms with Crippen molar-refractivity contribution in [2.24, 2.45) is 5.41 Å². The third-order valence-electron chi connectivity index (χ3n) is 5.81. The van der Waals surface area contributed by atoms with Crippen LogP contribution in [-0.4, -0.2) is 25.0 Å². The van der Waals surface area contributed by atoms with Crippen molar-refractivity contribution in [2.45, 2.75) is 24.9 Å². The number of nitriles is 2. The summed E-state index contributed by atoms with van der Waals surface area (Å²) in [5, 5.41) is 20.4. The van der Waals surface area contributed by atoms with Gasteiger partial charge >= 0.3 is 0 Å². The van der Waals surface area contributed by atoms with Crippen LogP contribution in [-0.2, 0) is 4.79 Å². The zero-order chi connectivity index (χ0) is 19.9. The summed E-state index contributed by atoms with van der Waals surface area (Å²) in [6.07, 6.45) is 3.81. The van der Waals surface area contributed by atoms with Crippen LogP contribution < -0.4 is 9.64 Å². The third kappa shape index (κ3) is 2.27. The van der Waals surface area contributed by atoms with Crippen molar-refractivity contribution in [3.63, 3.8) is 0 Å². The summed E-state index contributed by atoms with van der Waals surface area (Å²) in [6, 6.07) is 18.5. The summed E-state index contributed by atoms with van der Waals surface area (Å²) in [5.74, 6) is -0.152. The van der Waals surface area contributed by atoms with E-state index in [-0.39, 0.29) is 5.78 Å². The minimum absolute atomic E-state index is 0.0848. The Morgan fingerprint density at radius 3 is 2.46 bits per heavy atom. The van der Waals surface area contributed by atoms with E-state index < -0.39 is 23.4 Å². The number of hydrogen-bond acceptors (Lipinski definition) is 5. The number of anilines is 1. The van der Waals surface area contributed by atoms with Gasteiger partial charge in [-0.25, -0.2) is 0 Å². The van der Waals surface area contributed by atoms with Gasteiger partial charge in [0.15, 0.2) is 11.2 Å². The molecule has 0 aromatic heterocycles. The van der Waals surface area contributed by atoms with E-state index in [1.165, 1.54) is 6.92 Å². The number of fused-ring (bicyclic) bond motifs is 3. The zero-order valence-electron chi connectivity index (χ0n) is 15.7. The van der Waals surface area contributed by atoms with Crippen molar-refractivity contribution < 1.29 is 9.53 Å². The lowest BCUT2D eigenvalue weighted by Gasteiger charge is -2.35. The minimum Gasteiger partial charge on any atom is -0.496 e. The van der Waals surface area contributed by atoms with E-state index in [0.717, 1.165) is 11.3 Å². The minimum atomic E-state index is -1.42. The molecular weight excluding hydrogens is 350 g/mol. The average Bonchev–Trinajstić information content (AvgIpc) is 3.04. The Morgan fingerprint density at radius 1 is 1.11 bits per heavy atom. The highest BCUT2D eigenvalue weighted by molar-refractivity contribution is 5.91. The molecule has 5 nitrogen and oxygen atoms in total. The van der Waals surface area contributed by atoms with Crippen molar-refractivity contribution in [2.75, 3.05) is 12.0 Å². The number of rotatable bonds is 3. The molecular formula is C23H19N3O2. The van der Waals surface area contributed by atoms with E-state index >= 15 is 0 Å². The molecule has 2 aromatic carbocycles. The Kier molecular flexibility index (Phi) is 4.17. The highest BCUT2D eigenvalue weighted by Gasteiger charge is 2.63. The molecule has 1 saturated heterocycles. The van der Waals surface area contributed by atoms with Gasteiger partial charge in [-0.05, 0) is 24.6 Å². The maximum absolute atomic E-state index is 12.9. The Morgan fingerprint density at radius 2 is 1.79 bits per heavy atom. The van der Waals surface area contributed by atoms with Crippen molar-refractivity contribution in [3.8, 4) is 17.9 Å². The van der Waals surface area contributed by atoms with Crippen LogP contribution in [0.15, 0.2) is 54.6 Å². The first-order valence-electron chi connectivity index (χ1n) is 9.10. The molecule has 2 heterocycles. The first kappa shape index (κ1) is 17.8. The predicted octanol–water partition coefficient (Wildman–Crippen LogP) is 3.69. The monoisotopic (exact) mass is 369 g/mol. The number of Topliss-reactive ketones (excluding diaryl/α,β-unsaturated/α-hetero) is 1. The van der Waals surface area contributed by atoms with Crippen LogP contribution in [0.2, 0.25) is 0 Å². The van der Waals surface area contributed by atoms with E-state index in [4.69, 9.17) is 4.74 Å². The van der Waals surface area contributed by atoms with E-state index in [1.807, 2.05) is 59.5 Å².